The maximum atomic E-state index is 12.9. The molecule has 0 aliphatic carbocycles. The van der Waals surface area contributed by atoms with E-state index in [1.807, 2.05) is 5.10 Å². The van der Waals surface area contributed by atoms with Crippen LogP contribution in [0.3, 0.4) is 0 Å². The fourth-order valence-electron chi connectivity index (χ4n) is 2.42. The Balaban J connectivity index is 2.11. The van der Waals surface area contributed by atoms with Gasteiger partial charge in [-0.25, -0.2) is 4.68 Å². The van der Waals surface area contributed by atoms with Crippen molar-refractivity contribution < 1.29 is 13.2 Å². The van der Waals surface area contributed by atoms with Gasteiger partial charge in [0, 0.05) is 7.05 Å². The summed E-state index contributed by atoms with van der Waals surface area (Å²) in [5.41, 5.74) is -3.18. The maximum absolute atomic E-state index is 12.9. The zero-order valence-corrected chi connectivity index (χ0v) is 13.6. The predicted molar refractivity (Wildman–Crippen MR) is 86.3 cm³/mol. The highest BCUT2D eigenvalue weighted by Crippen LogP contribution is 2.33. The SMILES string of the molecule is Cc1c(N=Nc2c(C(F)(F)F)[nH][nH]c2=O)c(=O)n(-c2ccccc2)n1C. The molecular weight excluding hydrogens is 353 g/mol. The van der Waals surface area contributed by atoms with E-state index >= 15 is 0 Å². The number of benzene rings is 1. The minimum absolute atomic E-state index is 0.162. The molecule has 11 heteroatoms. The highest BCUT2D eigenvalue weighted by atomic mass is 19.4. The van der Waals surface area contributed by atoms with Gasteiger partial charge in [-0.2, -0.15) is 13.2 Å². The van der Waals surface area contributed by atoms with Crippen molar-refractivity contribution in [3.05, 3.63) is 62.4 Å². The standard InChI is InChI=1S/C15H13F3N6O2/c1-8-10(14(26)24(23(8)2)9-6-4-3-5-7-9)19-20-11-12(15(16,17)18)21-22-13(11)25/h3-7H,1-2H3,(H2,21,22,25). The van der Waals surface area contributed by atoms with Crippen molar-refractivity contribution in [1.82, 2.24) is 19.6 Å². The quantitative estimate of drug-likeness (QED) is 0.697. The summed E-state index contributed by atoms with van der Waals surface area (Å²) < 4.78 is 41.4. The first kappa shape index (κ1) is 17.5. The van der Waals surface area contributed by atoms with E-state index < -0.39 is 28.7 Å². The average molecular weight is 366 g/mol. The summed E-state index contributed by atoms with van der Waals surface area (Å²) >= 11 is 0. The molecule has 3 aromatic rings. The maximum Gasteiger partial charge on any atom is 0.435 e. The zero-order chi connectivity index (χ0) is 19.1. The highest BCUT2D eigenvalue weighted by Gasteiger charge is 2.37. The molecule has 0 fully saturated rings. The van der Waals surface area contributed by atoms with Gasteiger partial charge in [-0.1, -0.05) is 18.2 Å². The van der Waals surface area contributed by atoms with Gasteiger partial charge in [0.25, 0.3) is 11.1 Å². The third kappa shape index (κ3) is 2.87. The number of hydrogen-bond donors (Lipinski definition) is 2. The molecule has 0 aliphatic heterocycles. The van der Waals surface area contributed by atoms with E-state index in [0.29, 0.717) is 11.4 Å². The third-order valence-electron chi connectivity index (χ3n) is 3.81. The summed E-state index contributed by atoms with van der Waals surface area (Å²) in [7, 11) is 1.60. The van der Waals surface area contributed by atoms with Crippen molar-refractivity contribution in [3.63, 3.8) is 0 Å². The summed E-state index contributed by atoms with van der Waals surface area (Å²) in [6.07, 6.45) is -4.82. The van der Waals surface area contributed by atoms with Crippen LogP contribution in [-0.2, 0) is 13.2 Å². The van der Waals surface area contributed by atoms with Gasteiger partial charge >= 0.3 is 6.18 Å². The first-order valence-electron chi connectivity index (χ1n) is 7.35. The average Bonchev–Trinajstić information content (AvgIpc) is 3.05. The summed E-state index contributed by atoms with van der Waals surface area (Å²) in [6, 6.07) is 8.64. The molecule has 2 aromatic heterocycles. The molecule has 2 N–H and O–H groups in total. The number of rotatable bonds is 3. The first-order chi connectivity index (χ1) is 12.2. The monoisotopic (exact) mass is 366 g/mol. The Hall–Kier alpha value is -3.37. The first-order valence-corrected chi connectivity index (χ1v) is 7.35. The van der Waals surface area contributed by atoms with Crippen molar-refractivity contribution in [2.45, 2.75) is 13.1 Å². The van der Waals surface area contributed by atoms with Crippen LogP contribution in [0.1, 0.15) is 11.4 Å². The van der Waals surface area contributed by atoms with Gasteiger partial charge in [-0.15, -0.1) is 10.2 Å². The lowest BCUT2D eigenvalue weighted by Crippen LogP contribution is -2.19. The van der Waals surface area contributed by atoms with Crippen LogP contribution in [0.4, 0.5) is 24.5 Å². The van der Waals surface area contributed by atoms with Gasteiger partial charge in [0.15, 0.2) is 17.1 Å². The van der Waals surface area contributed by atoms with Crippen LogP contribution < -0.4 is 11.1 Å². The van der Waals surface area contributed by atoms with Crippen LogP contribution in [0.25, 0.3) is 5.69 Å². The molecular formula is C15H13F3N6O2. The largest absolute Gasteiger partial charge is 0.435 e. The van der Waals surface area contributed by atoms with Crippen molar-refractivity contribution >= 4 is 11.4 Å². The van der Waals surface area contributed by atoms with Crippen molar-refractivity contribution in [1.29, 1.82) is 0 Å². The molecule has 2 heterocycles. The summed E-state index contributed by atoms with van der Waals surface area (Å²) in [5, 5.41) is 10.5. The Morgan fingerprint density at radius 3 is 2.23 bits per heavy atom. The molecule has 0 bridgehead atoms. The van der Waals surface area contributed by atoms with Crippen molar-refractivity contribution in [3.8, 4) is 5.69 Å². The normalized spacial score (nSPS) is 12.2. The van der Waals surface area contributed by atoms with E-state index in [1.54, 1.807) is 49.4 Å². The second kappa shape index (κ2) is 6.17. The van der Waals surface area contributed by atoms with Gasteiger partial charge in [0.2, 0.25) is 0 Å². The molecule has 0 amide bonds. The molecule has 0 aliphatic rings. The third-order valence-corrected chi connectivity index (χ3v) is 3.81. The minimum Gasteiger partial charge on any atom is -0.292 e. The van der Waals surface area contributed by atoms with Crippen LogP contribution in [0, 0.1) is 6.92 Å². The van der Waals surface area contributed by atoms with Crippen molar-refractivity contribution in [2.24, 2.45) is 17.3 Å². The predicted octanol–water partition coefficient (Wildman–Crippen LogP) is 2.94. The number of H-pyrrole nitrogens is 2. The van der Waals surface area contributed by atoms with E-state index in [9.17, 15) is 22.8 Å². The van der Waals surface area contributed by atoms with Crippen LogP contribution in [0.2, 0.25) is 0 Å². The Bertz CT molecular complexity index is 1090. The van der Waals surface area contributed by atoms with Crippen molar-refractivity contribution in [2.75, 3.05) is 0 Å². The van der Waals surface area contributed by atoms with E-state index in [4.69, 9.17) is 0 Å². The summed E-state index contributed by atoms with van der Waals surface area (Å²) in [5.74, 6) is 0. The molecule has 1 aromatic carbocycles. The number of aromatic amines is 2. The molecule has 8 nitrogen and oxygen atoms in total. The molecule has 0 saturated carbocycles. The molecule has 0 saturated heterocycles. The zero-order valence-electron chi connectivity index (χ0n) is 13.6. The van der Waals surface area contributed by atoms with E-state index in [1.165, 1.54) is 9.36 Å². The lowest BCUT2D eigenvalue weighted by atomic mass is 10.3. The molecule has 0 unspecified atom stereocenters. The molecule has 136 valence electrons. The Labute approximate surface area is 143 Å². The van der Waals surface area contributed by atoms with Gasteiger partial charge in [0.05, 0.1) is 11.4 Å². The van der Waals surface area contributed by atoms with Gasteiger partial charge in [-0.05, 0) is 19.1 Å². The lowest BCUT2D eigenvalue weighted by molar-refractivity contribution is -0.140. The summed E-state index contributed by atoms with van der Waals surface area (Å²) in [6.45, 7) is 1.57. The topological polar surface area (TPSA) is 100 Å². The number of para-hydroxylation sites is 1. The second-order valence-electron chi connectivity index (χ2n) is 5.41. The van der Waals surface area contributed by atoms with E-state index in [2.05, 4.69) is 10.2 Å². The van der Waals surface area contributed by atoms with Crippen LogP contribution in [0.15, 0.2) is 50.1 Å². The number of hydrogen-bond acceptors (Lipinski definition) is 4. The molecule has 3 rings (SSSR count). The van der Waals surface area contributed by atoms with Crippen LogP contribution in [0.5, 0.6) is 0 Å². The summed E-state index contributed by atoms with van der Waals surface area (Å²) in [4.78, 5) is 24.2. The van der Waals surface area contributed by atoms with Crippen LogP contribution in [-0.4, -0.2) is 19.6 Å². The highest BCUT2D eigenvalue weighted by molar-refractivity contribution is 5.46. The molecule has 26 heavy (non-hydrogen) atoms. The molecule has 0 spiro atoms. The number of alkyl halides is 3. The second-order valence-corrected chi connectivity index (χ2v) is 5.41. The smallest absolute Gasteiger partial charge is 0.292 e. The minimum atomic E-state index is -4.82. The van der Waals surface area contributed by atoms with Crippen LogP contribution >= 0.6 is 0 Å². The Morgan fingerprint density at radius 1 is 1.00 bits per heavy atom. The molecule has 0 radical (unpaired) electrons. The number of halogens is 3. The Kier molecular flexibility index (Phi) is 4.14. The fourth-order valence-corrected chi connectivity index (χ4v) is 2.42. The Morgan fingerprint density at radius 2 is 1.62 bits per heavy atom. The number of nitrogens with one attached hydrogen (secondary N) is 2. The fraction of sp³-hybridized carbons (Fsp3) is 0.200. The number of aromatic nitrogens is 4. The van der Waals surface area contributed by atoms with Gasteiger partial charge in [-0.3, -0.25) is 24.5 Å². The number of azo groups is 1. The van der Waals surface area contributed by atoms with E-state index in [-0.39, 0.29) is 5.69 Å². The molecule has 0 atom stereocenters. The van der Waals surface area contributed by atoms with Gasteiger partial charge in [0.1, 0.15) is 0 Å². The van der Waals surface area contributed by atoms with Gasteiger partial charge < -0.3 is 0 Å². The number of nitrogens with zero attached hydrogens (tertiary/aromatic N) is 4. The lowest BCUT2D eigenvalue weighted by Gasteiger charge is -2.07. The van der Waals surface area contributed by atoms with E-state index in [0.717, 1.165) is 0 Å².